The molecular weight excluding hydrogens is 184 g/mol. The third kappa shape index (κ3) is 1.83. The Morgan fingerprint density at radius 1 is 1.62 bits per heavy atom. The van der Waals surface area contributed by atoms with Crippen molar-refractivity contribution in [2.24, 2.45) is 5.73 Å². The van der Waals surface area contributed by atoms with Crippen molar-refractivity contribution < 1.29 is 4.79 Å². The van der Waals surface area contributed by atoms with E-state index in [4.69, 9.17) is 5.73 Å². The summed E-state index contributed by atoms with van der Waals surface area (Å²) in [6.07, 6.45) is 3.30. The molecule has 3 N–H and O–H groups in total. The summed E-state index contributed by atoms with van der Waals surface area (Å²) in [5, 5.41) is 3.96. The normalized spacial score (nSPS) is 39.3. The molecule has 4 heteroatoms. The predicted octanol–water partition coefficient (Wildman–Crippen LogP) is 0.488. The highest BCUT2D eigenvalue weighted by Crippen LogP contribution is 2.36. The minimum absolute atomic E-state index is 0.170. The summed E-state index contributed by atoms with van der Waals surface area (Å²) >= 11 is 1.84. The molecule has 0 aromatic carbocycles. The molecule has 0 bridgehead atoms. The van der Waals surface area contributed by atoms with Gasteiger partial charge in [0.25, 0.3) is 0 Å². The first-order valence-corrected chi connectivity index (χ1v) is 5.86. The van der Waals surface area contributed by atoms with Crippen LogP contribution in [0.2, 0.25) is 0 Å². The van der Waals surface area contributed by atoms with Crippen LogP contribution in [0.1, 0.15) is 26.2 Å². The largest absolute Gasteiger partial charge is 0.368 e. The van der Waals surface area contributed by atoms with Gasteiger partial charge in [0.05, 0.1) is 0 Å². The number of amides is 1. The van der Waals surface area contributed by atoms with Crippen molar-refractivity contribution in [1.29, 1.82) is 0 Å². The van der Waals surface area contributed by atoms with Crippen molar-refractivity contribution in [3.63, 3.8) is 0 Å². The number of carbonyl (C=O) groups excluding carboxylic acids is 1. The molecule has 1 saturated carbocycles. The lowest BCUT2D eigenvalue weighted by molar-refractivity contribution is -0.123. The molecule has 1 aliphatic heterocycles. The molecule has 2 fully saturated rings. The maximum atomic E-state index is 11.4. The van der Waals surface area contributed by atoms with Gasteiger partial charge in [0, 0.05) is 17.0 Å². The molecule has 0 aromatic heterocycles. The predicted molar refractivity (Wildman–Crippen MR) is 54.6 cm³/mol. The first-order chi connectivity index (χ1) is 6.12. The minimum Gasteiger partial charge on any atom is -0.368 e. The molecule has 0 aromatic rings. The summed E-state index contributed by atoms with van der Waals surface area (Å²) in [5.41, 5.74) is 5.06. The summed E-state index contributed by atoms with van der Waals surface area (Å²) in [6, 6.07) is 0.554. The fourth-order valence-corrected chi connectivity index (χ4v) is 3.17. The summed E-state index contributed by atoms with van der Waals surface area (Å²) in [5.74, 6) is 0.677. The van der Waals surface area contributed by atoms with Crippen molar-refractivity contribution in [2.45, 2.75) is 43.0 Å². The third-order valence-electron chi connectivity index (χ3n) is 2.78. The molecule has 2 unspecified atom stereocenters. The summed E-state index contributed by atoms with van der Waals surface area (Å²) in [4.78, 5) is 11.4. The third-order valence-corrected chi connectivity index (χ3v) is 4.17. The molecule has 74 valence electrons. The van der Waals surface area contributed by atoms with Crippen molar-refractivity contribution >= 4 is 17.7 Å². The second-order valence-electron chi connectivity index (χ2n) is 4.19. The van der Waals surface area contributed by atoms with E-state index in [9.17, 15) is 4.79 Å². The molecule has 2 aliphatic rings. The fourth-order valence-electron chi connectivity index (χ4n) is 1.85. The van der Waals surface area contributed by atoms with Crippen LogP contribution >= 0.6 is 11.8 Å². The monoisotopic (exact) mass is 200 g/mol. The number of nitrogens with one attached hydrogen (secondary N) is 1. The smallest absolute Gasteiger partial charge is 0.238 e. The molecule has 2 rings (SSSR count). The van der Waals surface area contributed by atoms with Crippen LogP contribution in [0.5, 0.6) is 0 Å². The molecule has 0 radical (unpaired) electrons. The highest BCUT2D eigenvalue weighted by atomic mass is 32.2. The Morgan fingerprint density at radius 2 is 2.31 bits per heavy atom. The average molecular weight is 200 g/mol. The van der Waals surface area contributed by atoms with Gasteiger partial charge >= 0.3 is 0 Å². The zero-order chi connectivity index (χ0) is 9.47. The van der Waals surface area contributed by atoms with Crippen LogP contribution in [0.3, 0.4) is 0 Å². The van der Waals surface area contributed by atoms with E-state index >= 15 is 0 Å². The van der Waals surface area contributed by atoms with E-state index in [0.717, 1.165) is 12.2 Å². The Hall–Kier alpha value is -0.220. The second kappa shape index (κ2) is 3.17. The molecule has 0 spiro atoms. The Morgan fingerprint density at radius 3 is 2.69 bits per heavy atom. The Bertz CT molecular complexity index is 230. The molecule has 1 heterocycles. The molecule has 13 heavy (non-hydrogen) atoms. The van der Waals surface area contributed by atoms with Gasteiger partial charge in [-0.15, -0.1) is 0 Å². The van der Waals surface area contributed by atoms with Crippen LogP contribution in [0.25, 0.3) is 0 Å². The van der Waals surface area contributed by atoms with Gasteiger partial charge in [-0.05, 0) is 19.3 Å². The zero-order valence-electron chi connectivity index (χ0n) is 7.88. The van der Waals surface area contributed by atoms with Gasteiger partial charge < -0.3 is 5.73 Å². The van der Waals surface area contributed by atoms with Gasteiger partial charge in [-0.1, -0.05) is 6.92 Å². The summed E-state index contributed by atoms with van der Waals surface area (Å²) < 4.78 is 0. The standard InChI is InChI=1S/C9H16N2OS/c1-6-4-9(5-13-6,8(10)12)11-7-2-3-7/h6-7,11H,2-5H2,1H3,(H2,10,12). The van der Waals surface area contributed by atoms with Crippen LogP contribution in [-0.4, -0.2) is 28.5 Å². The number of nitrogens with two attached hydrogens (primary N) is 1. The summed E-state index contributed by atoms with van der Waals surface area (Å²) in [7, 11) is 0. The lowest BCUT2D eigenvalue weighted by atomic mass is 9.95. The SMILES string of the molecule is CC1CC(NC2CC2)(C(N)=O)CS1. The minimum atomic E-state index is -0.398. The highest BCUT2D eigenvalue weighted by molar-refractivity contribution is 8.00. The van der Waals surface area contributed by atoms with Gasteiger partial charge in [-0.2, -0.15) is 11.8 Å². The van der Waals surface area contributed by atoms with Crippen LogP contribution in [0.15, 0.2) is 0 Å². The van der Waals surface area contributed by atoms with Gasteiger partial charge in [-0.3, -0.25) is 10.1 Å². The van der Waals surface area contributed by atoms with E-state index in [1.165, 1.54) is 12.8 Å². The maximum Gasteiger partial charge on any atom is 0.238 e. The van der Waals surface area contributed by atoms with E-state index in [1.54, 1.807) is 0 Å². The van der Waals surface area contributed by atoms with Crippen LogP contribution in [0.4, 0.5) is 0 Å². The number of hydrogen-bond acceptors (Lipinski definition) is 3. The molecule has 2 atom stereocenters. The van der Waals surface area contributed by atoms with Gasteiger partial charge in [0.15, 0.2) is 0 Å². The van der Waals surface area contributed by atoms with Crippen LogP contribution < -0.4 is 11.1 Å². The van der Waals surface area contributed by atoms with E-state index in [0.29, 0.717) is 11.3 Å². The Balaban J connectivity index is 2.05. The lowest BCUT2D eigenvalue weighted by Crippen LogP contribution is -2.56. The first-order valence-electron chi connectivity index (χ1n) is 4.82. The van der Waals surface area contributed by atoms with Crippen molar-refractivity contribution in [3.05, 3.63) is 0 Å². The molecule has 1 amide bonds. The number of carbonyl (C=O) groups is 1. The van der Waals surface area contributed by atoms with E-state index < -0.39 is 5.54 Å². The van der Waals surface area contributed by atoms with Gasteiger partial charge in [0.1, 0.15) is 5.54 Å². The number of thioether (sulfide) groups is 1. The first kappa shape index (κ1) is 9.34. The summed E-state index contributed by atoms with van der Waals surface area (Å²) in [6.45, 7) is 2.16. The molecular formula is C9H16N2OS. The number of hydrogen-bond donors (Lipinski definition) is 2. The van der Waals surface area contributed by atoms with Crippen LogP contribution in [0, 0.1) is 0 Å². The fraction of sp³-hybridized carbons (Fsp3) is 0.889. The quantitative estimate of drug-likeness (QED) is 0.697. The van der Waals surface area contributed by atoms with Crippen molar-refractivity contribution in [2.75, 3.05) is 5.75 Å². The Labute approximate surface area is 82.8 Å². The van der Waals surface area contributed by atoms with E-state index in [1.807, 2.05) is 11.8 Å². The molecule has 3 nitrogen and oxygen atoms in total. The average Bonchev–Trinajstić information content (AvgIpc) is 2.76. The van der Waals surface area contributed by atoms with E-state index in [-0.39, 0.29) is 5.91 Å². The topological polar surface area (TPSA) is 55.1 Å². The zero-order valence-corrected chi connectivity index (χ0v) is 8.69. The van der Waals surface area contributed by atoms with Crippen molar-refractivity contribution in [3.8, 4) is 0 Å². The van der Waals surface area contributed by atoms with Gasteiger partial charge in [-0.25, -0.2) is 0 Å². The second-order valence-corrected chi connectivity index (χ2v) is 5.62. The van der Waals surface area contributed by atoms with E-state index in [2.05, 4.69) is 12.2 Å². The number of primary amides is 1. The van der Waals surface area contributed by atoms with Gasteiger partial charge in [0.2, 0.25) is 5.91 Å². The van der Waals surface area contributed by atoms with Crippen LogP contribution in [-0.2, 0) is 4.79 Å². The highest BCUT2D eigenvalue weighted by Gasteiger charge is 2.45. The Kier molecular flexibility index (Phi) is 2.28. The number of rotatable bonds is 3. The van der Waals surface area contributed by atoms with Crippen molar-refractivity contribution in [1.82, 2.24) is 5.32 Å². The lowest BCUT2D eigenvalue weighted by Gasteiger charge is -2.26. The molecule has 1 saturated heterocycles. The molecule has 1 aliphatic carbocycles. The maximum absolute atomic E-state index is 11.4.